The zero-order valence-electron chi connectivity index (χ0n) is 9.86. The maximum atomic E-state index is 11.4. The van der Waals surface area contributed by atoms with E-state index in [0.717, 1.165) is 26.1 Å². The summed E-state index contributed by atoms with van der Waals surface area (Å²) in [6.07, 6.45) is 2.37. The van der Waals surface area contributed by atoms with Gasteiger partial charge in [0.1, 0.15) is 0 Å². The van der Waals surface area contributed by atoms with E-state index < -0.39 is 0 Å². The second-order valence-electron chi connectivity index (χ2n) is 3.49. The van der Waals surface area contributed by atoms with Crippen molar-refractivity contribution in [2.75, 3.05) is 26.2 Å². The molecule has 0 unspecified atom stereocenters. The molecule has 0 bridgehead atoms. The standard InChI is InChI=1S/C10H19N5O/c1-3-15(4-2)7-5-6-11-10(16)9-8-12-14-13-9/h8H,3-7H2,1-2H3,(H,11,16)(H,12,13,14). The Morgan fingerprint density at radius 1 is 1.50 bits per heavy atom. The number of hydrogen-bond acceptors (Lipinski definition) is 4. The highest BCUT2D eigenvalue weighted by atomic mass is 16.1. The number of carbonyl (C=O) groups excluding carboxylic acids is 1. The molecular weight excluding hydrogens is 206 g/mol. The Bertz CT molecular complexity index is 294. The lowest BCUT2D eigenvalue weighted by molar-refractivity contribution is 0.0947. The van der Waals surface area contributed by atoms with Crippen LogP contribution < -0.4 is 5.32 Å². The minimum atomic E-state index is -0.173. The van der Waals surface area contributed by atoms with Gasteiger partial charge in [-0.2, -0.15) is 15.4 Å². The van der Waals surface area contributed by atoms with Crippen molar-refractivity contribution >= 4 is 5.91 Å². The molecule has 1 aromatic rings. The molecule has 0 aliphatic heterocycles. The number of amides is 1. The molecule has 0 aliphatic rings. The van der Waals surface area contributed by atoms with Gasteiger partial charge in [-0.3, -0.25) is 4.79 Å². The van der Waals surface area contributed by atoms with Gasteiger partial charge in [-0.25, -0.2) is 0 Å². The van der Waals surface area contributed by atoms with Crippen molar-refractivity contribution in [2.24, 2.45) is 0 Å². The van der Waals surface area contributed by atoms with Crippen LogP contribution in [0.25, 0.3) is 0 Å². The third kappa shape index (κ3) is 3.98. The van der Waals surface area contributed by atoms with Crippen molar-refractivity contribution in [3.63, 3.8) is 0 Å². The molecule has 0 atom stereocenters. The number of carbonyl (C=O) groups is 1. The molecule has 90 valence electrons. The van der Waals surface area contributed by atoms with Crippen LogP contribution in [0.4, 0.5) is 0 Å². The van der Waals surface area contributed by atoms with Crippen LogP contribution in [0.1, 0.15) is 30.8 Å². The topological polar surface area (TPSA) is 73.9 Å². The van der Waals surface area contributed by atoms with Gasteiger partial charge in [0.2, 0.25) is 0 Å². The minimum Gasteiger partial charge on any atom is -0.351 e. The normalized spacial score (nSPS) is 10.7. The number of aromatic nitrogens is 3. The summed E-state index contributed by atoms with van der Waals surface area (Å²) in [7, 11) is 0. The number of nitrogens with zero attached hydrogens (tertiary/aromatic N) is 3. The van der Waals surface area contributed by atoms with Crippen LogP contribution >= 0.6 is 0 Å². The van der Waals surface area contributed by atoms with Crippen molar-refractivity contribution in [1.29, 1.82) is 0 Å². The molecule has 0 spiro atoms. The van der Waals surface area contributed by atoms with Crippen molar-refractivity contribution in [2.45, 2.75) is 20.3 Å². The predicted molar refractivity (Wildman–Crippen MR) is 61.1 cm³/mol. The summed E-state index contributed by atoms with van der Waals surface area (Å²) in [5.41, 5.74) is 0.336. The number of aromatic amines is 1. The Balaban J connectivity index is 2.14. The molecule has 6 nitrogen and oxygen atoms in total. The second kappa shape index (κ2) is 6.95. The molecule has 1 rings (SSSR count). The van der Waals surface area contributed by atoms with Gasteiger partial charge in [-0.05, 0) is 26.1 Å². The Morgan fingerprint density at radius 2 is 2.25 bits per heavy atom. The smallest absolute Gasteiger partial charge is 0.273 e. The number of H-pyrrole nitrogens is 1. The van der Waals surface area contributed by atoms with E-state index in [1.807, 2.05) is 0 Å². The first-order valence-electron chi connectivity index (χ1n) is 5.64. The van der Waals surface area contributed by atoms with Gasteiger partial charge in [-0.15, -0.1) is 0 Å². The van der Waals surface area contributed by atoms with Crippen LogP contribution in [-0.2, 0) is 0 Å². The molecule has 0 fully saturated rings. The van der Waals surface area contributed by atoms with Crippen LogP contribution in [0.2, 0.25) is 0 Å². The lowest BCUT2D eigenvalue weighted by Crippen LogP contribution is -2.30. The zero-order chi connectivity index (χ0) is 11.8. The molecule has 0 aromatic carbocycles. The largest absolute Gasteiger partial charge is 0.351 e. The monoisotopic (exact) mass is 225 g/mol. The summed E-state index contributed by atoms with van der Waals surface area (Å²) >= 11 is 0. The molecule has 16 heavy (non-hydrogen) atoms. The Kier molecular flexibility index (Phi) is 5.49. The van der Waals surface area contributed by atoms with Crippen molar-refractivity contribution in [3.8, 4) is 0 Å². The van der Waals surface area contributed by atoms with Gasteiger partial charge < -0.3 is 10.2 Å². The highest BCUT2D eigenvalue weighted by Crippen LogP contribution is 1.91. The lowest BCUT2D eigenvalue weighted by atomic mass is 10.3. The second-order valence-corrected chi connectivity index (χ2v) is 3.49. The highest BCUT2D eigenvalue weighted by Gasteiger charge is 2.07. The summed E-state index contributed by atoms with van der Waals surface area (Å²) in [6, 6.07) is 0. The van der Waals surface area contributed by atoms with Crippen LogP contribution in [0.15, 0.2) is 6.20 Å². The van der Waals surface area contributed by atoms with E-state index in [-0.39, 0.29) is 5.91 Å². The van der Waals surface area contributed by atoms with E-state index in [9.17, 15) is 4.79 Å². The van der Waals surface area contributed by atoms with Gasteiger partial charge >= 0.3 is 0 Å². The van der Waals surface area contributed by atoms with Gasteiger partial charge in [0.25, 0.3) is 5.91 Å². The Hall–Kier alpha value is -1.43. The van der Waals surface area contributed by atoms with E-state index in [0.29, 0.717) is 12.2 Å². The average Bonchev–Trinajstić information content (AvgIpc) is 2.82. The number of hydrogen-bond donors (Lipinski definition) is 2. The van der Waals surface area contributed by atoms with E-state index >= 15 is 0 Å². The van der Waals surface area contributed by atoms with E-state index in [1.54, 1.807) is 0 Å². The maximum Gasteiger partial charge on any atom is 0.273 e. The molecule has 1 heterocycles. The quantitative estimate of drug-likeness (QED) is 0.653. The van der Waals surface area contributed by atoms with E-state index in [2.05, 4.69) is 39.5 Å². The van der Waals surface area contributed by atoms with Gasteiger partial charge in [0.15, 0.2) is 5.69 Å². The molecule has 1 amide bonds. The van der Waals surface area contributed by atoms with Crippen LogP contribution in [0, 0.1) is 0 Å². The van der Waals surface area contributed by atoms with Gasteiger partial charge in [0.05, 0.1) is 6.20 Å². The first kappa shape index (κ1) is 12.6. The predicted octanol–water partition coefficient (Wildman–Crippen LogP) is 0.266. The number of nitrogens with one attached hydrogen (secondary N) is 2. The first-order chi connectivity index (χ1) is 7.77. The molecule has 6 heteroatoms. The fraction of sp³-hybridized carbons (Fsp3) is 0.700. The molecule has 0 radical (unpaired) electrons. The summed E-state index contributed by atoms with van der Waals surface area (Å²) in [4.78, 5) is 13.8. The van der Waals surface area contributed by atoms with Crippen molar-refractivity contribution in [1.82, 2.24) is 25.6 Å². The molecular formula is C10H19N5O. The van der Waals surface area contributed by atoms with Crippen molar-refractivity contribution < 1.29 is 4.79 Å². The molecule has 2 N–H and O–H groups in total. The van der Waals surface area contributed by atoms with Crippen LogP contribution in [-0.4, -0.2) is 52.4 Å². The fourth-order valence-corrected chi connectivity index (χ4v) is 1.45. The highest BCUT2D eigenvalue weighted by molar-refractivity contribution is 5.91. The molecule has 1 aromatic heterocycles. The molecule has 0 saturated carbocycles. The summed E-state index contributed by atoms with van der Waals surface area (Å²) in [5.74, 6) is -0.173. The zero-order valence-corrected chi connectivity index (χ0v) is 9.86. The molecule has 0 saturated heterocycles. The van der Waals surface area contributed by atoms with Gasteiger partial charge in [-0.1, -0.05) is 13.8 Å². The third-order valence-corrected chi connectivity index (χ3v) is 2.48. The van der Waals surface area contributed by atoms with Crippen molar-refractivity contribution in [3.05, 3.63) is 11.9 Å². The number of rotatable bonds is 7. The fourth-order valence-electron chi connectivity index (χ4n) is 1.45. The first-order valence-corrected chi connectivity index (χ1v) is 5.64. The van der Waals surface area contributed by atoms with Gasteiger partial charge in [0, 0.05) is 6.54 Å². The average molecular weight is 225 g/mol. The SMILES string of the molecule is CCN(CC)CCCNC(=O)c1cn[nH]n1. The molecule has 0 aliphatic carbocycles. The lowest BCUT2D eigenvalue weighted by Gasteiger charge is -2.17. The van der Waals surface area contributed by atoms with Crippen LogP contribution in [0.5, 0.6) is 0 Å². The Morgan fingerprint density at radius 3 is 2.81 bits per heavy atom. The Labute approximate surface area is 95.4 Å². The third-order valence-electron chi connectivity index (χ3n) is 2.48. The maximum absolute atomic E-state index is 11.4. The minimum absolute atomic E-state index is 0.173. The summed E-state index contributed by atoms with van der Waals surface area (Å²) in [6.45, 7) is 8.05. The van der Waals surface area contributed by atoms with E-state index in [1.165, 1.54) is 6.20 Å². The van der Waals surface area contributed by atoms with E-state index in [4.69, 9.17) is 0 Å². The summed E-state index contributed by atoms with van der Waals surface area (Å²) in [5, 5.41) is 12.5. The van der Waals surface area contributed by atoms with Crippen LogP contribution in [0.3, 0.4) is 0 Å². The summed E-state index contributed by atoms with van der Waals surface area (Å²) < 4.78 is 0.